The summed E-state index contributed by atoms with van der Waals surface area (Å²) in [6.07, 6.45) is -5.09. The smallest absolute Gasteiger partial charge is 0.232 e. The van der Waals surface area contributed by atoms with Gasteiger partial charge in [0.05, 0.1) is 16.3 Å². The number of halogens is 7. The van der Waals surface area contributed by atoms with Gasteiger partial charge in [-0.1, -0.05) is 24.3 Å². The van der Waals surface area contributed by atoms with Crippen molar-refractivity contribution < 1.29 is 39.2 Å². The van der Waals surface area contributed by atoms with Gasteiger partial charge in [0, 0.05) is 17.4 Å². The highest BCUT2D eigenvalue weighted by atomic mass is 32.2. The van der Waals surface area contributed by atoms with Crippen molar-refractivity contribution >= 4 is 9.84 Å². The molecule has 0 aliphatic heterocycles. The summed E-state index contributed by atoms with van der Waals surface area (Å²) in [5, 5.41) is 3.61. The highest BCUT2D eigenvalue weighted by Crippen LogP contribution is 2.49. The number of sulfone groups is 1. The Hall–Kier alpha value is -3.67. The molecule has 0 unspecified atom stereocenters. The third-order valence-electron chi connectivity index (χ3n) is 5.30. The van der Waals surface area contributed by atoms with E-state index in [1.807, 2.05) is 0 Å². The molecule has 12 heteroatoms. The molecule has 188 valence electrons. The Labute approximate surface area is 200 Å². The van der Waals surface area contributed by atoms with Crippen molar-refractivity contribution in [3.05, 3.63) is 90.1 Å². The van der Waals surface area contributed by atoms with Crippen LogP contribution in [-0.4, -0.2) is 30.6 Å². The van der Waals surface area contributed by atoms with Gasteiger partial charge in [-0.15, -0.1) is 0 Å². The zero-order chi connectivity index (χ0) is 26.5. The Morgan fingerprint density at radius 1 is 0.722 bits per heavy atom. The van der Waals surface area contributed by atoms with E-state index < -0.39 is 44.8 Å². The third-order valence-corrected chi connectivity index (χ3v) is 6.43. The van der Waals surface area contributed by atoms with Crippen LogP contribution in [0.2, 0.25) is 0 Å². The van der Waals surface area contributed by atoms with Crippen LogP contribution in [0.3, 0.4) is 0 Å². The molecule has 0 radical (unpaired) electrons. The number of alkyl halides is 5. The molecule has 0 aliphatic rings. The van der Waals surface area contributed by atoms with E-state index >= 15 is 0 Å². The monoisotopic (exact) mass is 528 g/mol. The van der Waals surface area contributed by atoms with E-state index in [4.69, 9.17) is 0 Å². The van der Waals surface area contributed by atoms with Gasteiger partial charge in [0.1, 0.15) is 17.3 Å². The molecule has 0 N–H and O–H groups in total. The summed E-state index contributed by atoms with van der Waals surface area (Å²) in [6.45, 7) is 0. The molecular weight excluding hydrogens is 513 g/mol. The van der Waals surface area contributed by atoms with Gasteiger partial charge >= 0.3 is 12.1 Å². The van der Waals surface area contributed by atoms with Crippen molar-refractivity contribution in [2.24, 2.45) is 0 Å². The second kappa shape index (κ2) is 8.77. The van der Waals surface area contributed by atoms with E-state index in [1.165, 1.54) is 12.1 Å². The molecule has 3 aromatic carbocycles. The molecule has 0 atom stereocenters. The summed E-state index contributed by atoms with van der Waals surface area (Å²) < 4.78 is 122. The van der Waals surface area contributed by atoms with Crippen molar-refractivity contribution in [2.45, 2.75) is 17.0 Å². The van der Waals surface area contributed by atoms with Crippen LogP contribution in [0.25, 0.3) is 28.1 Å². The second-order valence-electron chi connectivity index (χ2n) is 7.84. The van der Waals surface area contributed by atoms with Crippen molar-refractivity contribution in [2.75, 3.05) is 6.26 Å². The van der Waals surface area contributed by atoms with Crippen molar-refractivity contribution in [1.82, 2.24) is 9.78 Å². The Morgan fingerprint density at radius 2 is 1.19 bits per heavy atom. The van der Waals surface area contributed by atoms with E-state index in [-0.39, 0.29) is 27.4 Å². The number of aromatic nitrogens is 2. The summed E-state index contributed by atoms with van der Waals surface area (Å²) >= 11 is 0. The molecular formula is C24H15F7N2O2S. The summed E-state index contributed by atoms with van der Waals surface area (Å²) in [5.41, 5.74) is -2.81. The zero-order valence-electron chi connectivity index (χ0n) is 18.2. The van der Waals surface area contributed by atoms with Crippen molar-refractivity contribution in [1.29, 1.82) is 0 Å². The number of hydrogen-bond donors (Lipinski definition) is 0. The summed E-state index contributed by atoms with van der Waals surface area (Å²) in [7, 11) is -3.65. The van der Waals surface area contributed by atoms with E-state index in [9.17, 15) is 39.2 Å². The van der Waals surface area contributed by atoms with Crippen molar-refractivity contribution in [3.8, 4) is 28.1 Å². The van der Waals surface area contributed by atoms with E-state index in [1.54, 1.807) is 0 Å². The second-order valence-corrected chi connectivity index (χ2v) is 9.85. The molecule has 0 bridgehead atoms. The molecule has 0 saturated carbocycles. The fourth-order valence-electron chi connectivity index (χ4n) is 3.56. The minimum atomic E-state index is -6.03. The first-order chi connectivity index (χ1) is 16.7. The van der Waals surface area contributed by atoms with Gasteiger partial charge in [-0.05, 0) is 54.1 Å². The zero-order valence-corrected chi connectivity index (χ0v) is 19.0. The van der Waals surface area contributed by atoms with Gasteiger partial charge in [-0.25, -0.2) is 21.9 Å². The normalized spacial score (nSPS) is 12.7. The number of rotatable bonds is 5. The standard InChI is InChI=1S/C24H15F7N2O2S/c1-36(34,35)19-12-4-15(5-13-19)21-20(14-2-6-16(25)7-3-14)22(23(27,28)24(29,30)31)32-33(21)18-10-8-17(26)9-11-18/h2-13H,1H3. The van der Waals surface area contributed by atoms with Gasteiger partial charge in [-0.3, -0.25) is 0 Å². The predicted molar refractivity (Wildman–Crippen MR) is 117 cm³/mol. The van der Waals surface area contributed by atoms with Crippen LogP contribution in [0.1, 0.15) is 5.69 Å². The lowest BCUT2D eigenvalue weighted by atomic mass is 9.96. The molecule has 0 saturated heterocycles. The first-order valence-corrected chi connectivity index (χ1v) is 12.0. The van der Waals surface area contributed by atoms with Crippen LogP contribution < -0.4 is 0 Å². The van der Waals surface area contributed by atoms with E-state index in [2.05, 4.69) is 5.10 Å². The molecule has 0 spiro atoms. The number of hydrogen-bond acceptors (Lipinski definition) is 3. The van der Waals surface area contributed by atoms with Gasteiger partial charge in [0.15, 0.2) is 9.84 Å². The lowest BCUT2D eigenvalue weighted by Gasteiger charge is -2.19. The maximum Gasteiger partial charge on any atom is 0.459 e. The minimum Gasteiger partial charge on any atom is -0.232 e. The molecule has 4 rings (SSSR count). The molecule has 0 aliphatic carbocycles. The maximum atomic E-state index is 14.8. The summed E-state index contributed by atoms with van der Waals surface area (Å²) in [4.78, 5) is -0.122. The molecule has 0 amide bonds. The molecule has 1 heterocycles. The molecule has 4 nitrogen and oxygen atoms in total. The SMILES string of the molecule is CS(=O)(=O)c1ccc(-c2c(-c3ccc(F)cc3)c(C(F)(F)C(F)(F)F)nn2-c2ccc(F)cc2)cc1. The maximum absolute atomic E-state index is 14.8. The first kappa shape index (κ1) is 25.4. The fraction of sp³-hybridized carbons (Fsp3) is 0.125. The van der Waals surface area contributed by atoms with Gasteiger partial charge in [0.25, 0.3) is 0 Å². The molecule has 4 aromatic rings. The molecule has 1 aromatic heterocycles. The van der Waals surface area contributed by atoms with Crippen LogP contribution in [0, 0.1) is 11.6 Å². The fourth-order valence-corrected chi connectivity index (χ4v) is 4.19. The quantitative estimate of drug-likeness (QED) is 0.277. The Kier molecular flexibility index (Phi) is 6.19. The summed E-state index contributed by atoms with van der Waals surface area (Å²) in [5.74, 6) is -6.87. The van der Waals surface area contributed by atoms with E-state index in [0.29, 0.717) is 0 Å². The minimum absolute atomic E-state index is 0.0303. The Morgan fingerprint density at radius 3 is 1.67 bits per heavy atom. The van der Waals surface area contributed by atoms with Gasteiger partial charge in [-0.2, -0.15) is 27.1 Å². The van der Waals surface area contributed by atoms with Gasteiger partial charge in [0.2, 0.25) is 0 Å². The predicted octanol–water partition coefficient (Wildman–Crippen LogP) is 6.54. The first-order valence-electron chi connectivity index (χ1n) is 10.1. The summed E-state index contributed by atoms with van der Waals surface area (Å²) in [6, 6.07) is 12.7. The highest BCUT2D eigenvalue weighted by molar-refractivity contribution is 7.90. The van der Waals surface area contributed by atoms with Crippen LogP contribution >= 0.6 is 0 Å². The van der Waals surface area contributed by atoms with Crippen LogP contribution in [0.4, 0.5) is 30.7 Å². The molecule has 0 fully saturated rings. The molecule has 36 heavy (non-hydrogen) atoms. The average Bonchev–Trinajstić information content (AvgIpc) is 3.20. The lowest BCUT2D eigenvalue weighted by Crippen LogP contribution is -2.34. The Balaban J connectivity index is 2.12. The Bertz CT molecular complexity index is 1510. The topological polar surface area (TPSA) is 52.0 Å². The van der Waals surface area contributed by atoms with Crippen molar-refractivity contribution in [3.63, 3.8) is 0 Å². The van der Waals surface area contributed by atoms with Crippen LogP contribution in [0.15, 0.2) is 77.7 Å². The highest BCUT2D eigenvalue weighted by Gasteiger charge is 2.62. The van der Waals surface area contributed by atoms with Gasteiger partial charge < -0.3 is 0 Å². The van der Waals surface area contributed by atoms with E-state index in [0.717, 1.165) is 71.6 Å². The van der Waals surface area contributed by atoms with Crippen LogP contribution in [0.5, 0.6) is 0 Å². The lowest BCUT2D eigenvalue weighted by molar-refractivity contribution is -0.290. The average molecular weight is 528 g/mol. The third kappa shape index (κ3) is 4.60. The number of nitrogens with zero attached hydrogens (tertiary/aromatic N) is 2. The number of benzene rings is 3. The largest absolute Gasteiger partial charge is 0.459 e. The van der Waals surface area contributed by atoms with Crippen LogP contribution in [-0.2, 0) is 15.8 Å².